The van der Waals surface area contributed by atoms with E-state index in [0.717, 1.165) is 48.9 Å². The Morgan fingerprint density at radius 2 is 1.85 bits per heavy atom. The number of carbonyl (C=O) groups excluding carboxylic acids is 1. The first-order valence-corrected chi connectivity index (χ1v) is 9.66. The molecule has 0 bridgehead atoms. The van der Waals surface area contributed by atoms with E-state index in [4.69, 9.17) is 16.3 Å². The summed E-state index contributed by atoms with van der Waals surface area (Å²) in [4.78, 5) is 14.5. The van der Waals surface area contributed by atoms with Crippen molar-refractivity contribution < 1.29 is 9.53 Å². The van der Waals surface area contributed by atoms with Gasteiger partial charge in [0.25, 0.3) is 0 Å². The second-order valence-electron chi connectivity index (χ2n) is 6.87. The van der Waals surface area contributed by atoms with E-state index in [1.54, 1.807) is 7.11 Å². The van der Waals surface area contributed by atoms with Gasteiger partial charge in [0, 0.05) is 23.8 Å². The van der Waals surface area contributed by atoms with Crippen LogP contribution >= 0.6 is 11.6 Å². The van der Waals surface area contributed by atoms with Crippen molar-refractivity contribution in [3.05, 3.63) is 59.1 Å². The second-order valence-corrected chi connectivity index (χ2v) is 7.28. The van der Waals surface area contributed by atoms with Gasteiger partial charge in [0.05, 0.1) is 7.11 Å². The molecule has 1 fully saturated rings. The first-order chi connectivity index (χ1) is 13.1. The molecule has 2 N–H and O–H groups in total. The lowest BCUT2D eigenvalue weighted by Crippen LogP contribution is -2.39. The number of hydrogen-bond acceptors (Lipinski definition) is 3. The lowest BCUT2D eigenvalue weighted by atomic mass is 9.96. The molecule has 1 aliphatic rings. The molecule has 0 unspecified atom stereocenters. The first kappa shape index (κ1) is 19.5. The summed E-state index contributed by atoms with van der Waals surface area (Å²) in [7, 11) is 1.62. The number of carbonyl (C=O) groups is 1. The van der Waals surface area contributed by atoms with Gasteiger partial charge in [-0.25, -0.2) is 4.79 Å². The molecule has 2 aromatic rings. The standard InChI is InChI=1S/C21H26ClN3O2/c1-27-19-8-6-18(7-9-19)24-21(26)23-14-16-10-12-25(13-11-16)15-17-4-2-3-5-20(17)22/h2-9,16H,10-15H2,1H3,(H2,23,24,26). The Morgan fingerprint density at radius 1 is 1.15 bits per heavy atom. The van der Waals surface area contributed by atoms with Crippen LogP contribution in [0.3, 0.4) is 0 Å². The van der Waals surface area contributed by atoms with Crippen molar-refractivity contribution in [3.63, 3.8) is 0 Å². The van der Waals surface area contributed by atoms with Crippen LogP contribution in [0.5, 0.6) is 5.75 Å². The third-order valence-electron chi connectivity index (χ3n) is 4.96. The third-order valence-corrected chi connectivity index (χ3v) is 5.33. The minimum Gasteiger partial charge on any atom is -0.497 e. The average molecular weight is 388 g/mol. The van der Waals surface area contributed by atoms with E-state index in [-0.39, 0.29) is 6.03 Å². The molecule has 27 heavy (non-hydrogen) atoms. The number of anilines is 1. The summed E-state index contributed by atoms with van der Waals surface area (Å²) >= 11 is 6.25. The second kappa shape index (κ2) is 9.62. The number of halogens is 1. The van der Waals surface area contributed by atoms with Crippen LogP contribution in [0.2, 0.25) is 5.02 Å². The Bertz CT molecular complexity index is 743. The van der Waals surface area contributed by atoms with Crippen LogP contribution in [-0.2, 0) is 6.54 Å². The van der Waals surface area contributed by atoms with Gasteiger partial charge in [-0.2, -0.15) is 0 Å². The minimum absolute atomic E-state index is 0.168. The smallest absolute Gasteiger partial charge is 0.319 e. The average Bonchev–Trinajstić information content (AvgIpc) is 2.70. The summed E-state index contributed by atoms with van der Waals surface area (Å²) in [6, 6.07) is 15.1. The van der Waals surface area contributed by atoms with Gasteiger partial charge in [-0.1, -0.05) is 29.8 Å². The summed E-state index contributed by atoms with van der Waals surface area (Å²) in [6.45, 7) is 3.63. The molecule has 0 radical (unpaired) electrons. The zero-order valence-corrected chi connectivity index (χ0v) is 16.3. The van der Waals surface area contributed by atoms with Crippen LogP contribution in [0.25, 0.3) is 0 Å². The van der Waals surface area contributed by atoms with E-state index in [0.29, 0.717) is 12.5 Å². The van der Waals surface area contributed by atoms with Crippen molar-refractivity contribution in [2.24, 2.45) is 5.92 Å². The fourth-order valence-electron chi connectivity index (χ4n) is 3.30. The molecule has 2 aromatic carbocycles. The van der Waals surface area contributed by atoms with Crippen LogP contribution < -0.4 is 15.4 Å². The Kier molecular flexibility index (Phi) is 6.96. The van der Waals surface area contributed by atoms with Gasteiger partial charge >= 0.3 is 6.03 Å². The van der Waals surface area contributed by atoms with Gasteiger partial charge in [0.1, 0.15) is 5.75 Å². The lowest BCUT2D eigenvalue weighted by molar-refractivity contribution is 0.176. The number of rotatable bonds is 6. The molecular weight excluding hydrogens is 362 g/mol. The summed E-state index contributed by atoms with van der Waals surface area (Å²) in [5, 5.41) is 6.66. The maximum absolute atomic E-state index is 12.1. The number of urea groups is 1. The Balaban J connectivity index is 1.37. The number of likely N-dealkylation sites (tertiary alicyclic amines) is 1. The van der Waals surface area contributed by atoms with Crippen molar-refractivity contribution in [1.29, 1.82) is 0 Å². The molecular formula is C21H26ClN3O2. The third kappa shape index (κ3) is 5.88. The van der Waals surface area contributed by atoms with Crippen LogP contribution in [0.4, 0.5) is 10.5 Å². The Morgan fingerprint density at radius 3 is 2.52 bits per heavy atom. The number of methoxy groups -OCH3 is 1. The molecule has 0 aliphatic carbocycles. The predicted molar refractivity (Wildman–Crippen MR) is 109 cm³/mol. The van der Waals surface area contributed by atoms with E-state index in [1.165, 1.54) is 5.56 Å². The molecule has 0 saturated carbocycles. The Hall–Kier alpha value is -2.24. The molecule has 0 atom stereocenters. The zero-order chi connectivity index (χ0) is 19.1. The van der Waals surface area contributed by atoms with E-state index in [2.05, 4.69) is 21.6 Å². The van der Waals surface area contributed by atoms with E-state index < -0.39 is 0 Å². The van der Waals surface area contributed by atoms with Gasteiger partial charge in [-0.05, 0) is 67.7 Å². The largest absolute Gasteiger partial charge is 0.497 e. The number of hydrogen-bond donors (Lipinski definition) is 2. The summed E-state index contributed by atoms with van der Waals surface area (Å²) < 4.78 is 5.11. The highest BCUT2D eigenvalue weighted by molar-refractivity contribution is 6.31. The summed E-state index contributed by atoms with van der Waals surface area (Å²) in [5.41, 5.74) is 1.93. The number of nitrogens with one attached hydrogen (secondary N) is 2. The number of ether oxygens (including phenoxy) is 1. The van der Waals surface area contributed by atoms with Crippen molar-refractivity contribution in [3.8, 4) is 5.75 Å². The van der Waals surface area contributed by atoms with Crippen molar-refractivity contribution in [2.45, 2.75) is 19.4 Å². The first-order valence-electron chi connectivity index (χ1n) is 9.28. The van der Waals surface area contributed by atoms with Gasteiger partial charge < -0.3 is 15.4 Å². The SMILES string of the molecule is COc1ccc(NC(=O)NCC2CCN(Cc3ccccc3Cl)CC2)cc1. The predicted octanol–water partition coefficient (Wildman–Crippen LogP) is 4.38. The molecule has 1 heterocycles. The van der Waals surface area contributed by atoms with Crippen molar-refractivity contribution in [2.75, 3.05) is 32.1 Å². The molecule has 3 rings (SSSR count). The number of piperidine rings is 1. The molecule has 1 saturated heterocycles. The van der Waals surface area contributed by atoms with Gasteiger partial charge in [0.15, 0.2) is 0 Å². The molecule has 0 aromatic heterocycles. The number of benzene rings is 2. The zero-order valence-electron chi connectivity index (χ0n) is 15.6. The van der Waals surface area contributed by atoms with Crippen LogP contribution in [0, 0.1) is 5.92 Å². The maximum Gasteiger partial charge on any atom is 0.319 e. The molecule has 5 nitrogen and oxygen atoms in total. The molecule has 6 heteroatoms. The monoisotopic (exact) mass is 387 g/mol. The van der Waals surface area contributed by atoms with Crippen LogP contribution in [0.1, 0.15) is 18.4 Å². The van der Waals surface area contributed by atoms with Crippen LogP contribution in [0.15, 0.2) is 48.5 Å². The number of amides is 2. The van der Waals surface area contributed by atoms with Crippen LogP contribution in [-0.4, -0.2) is 37.7 Å². The fourth-order valence-corrected chi connectivity index (χ4v) is 3.50. The topological polar surface area (TPSA) is 53.6 Å². The quantitative estimate of drug-likeness (QED) is 0.773. The molecule has 0 spiro atoms. The Labute approximate surface area is 165 Å². The van der Waals surface area contributed by atoms with Crippen molar-refractivity contribution >= 4 is 23.3 Å². The number of nitrogens with zero attached hydrogens (tertiary/aromatic N) is 1. The highest BCUT2D eigenvalue weighted by atomic mass is 35.5. The summed E-state index contributed by atoms with van der Waals surface area (Å²) in [6.07, 6.45) is 2.15. The maximum atomic E-state index is 12.1. The van der Waals surface area contributed by atoms with Gasteiger partial charge in [0.2, 0.25) is 0 Å². The highest BCUT2D eigenvalue weighted by Gasteiger charge is 2.20. The minimum atomic E-state index is -0.168. The van der Waals surface area contributed by atoms with E-state index in [1.807, 2.05) is 42.5 Å². The van der Waals surface area contributed by atoms with E-state index in [9.17, 15) is 4.79 Å². The summed E-state index contributed by atoms with van der Waals surface area (Å²) in [5.74, 6) is 1.28. The van der Waals surface area contributed by atoms with Gasteiger partial charge in [-0.15, -0.1) is 0 Å². The highest BCUT2D eigenvalue weighted by Crippen LogP contribution is 2.22. The molecule has 2 amide bonds. The lowest BCUT2D eigenvalue weighted by Gasteiger charge is -2.32. The molecule has 144 valence electrons. The fraction of sp³-hybridized carbons (Fsp3) is 0.381. The van der Waals surface area contributed by atoms with Crippen molar-refractivity contribution in [1.82, 2.24) is 10.2 Å². The normalized spacial score (nSPS) is 15.3. The van der Waals surface area contributed by atoms with Gasteiger partial charge in [-0.3, -0.25) is 4.90 Å². The molecule has 1 aliphatic heterocycles. The van der Waals surface area contributed by atoms with E-state index >= 15 is 0 Å².